The molecule has 0 fully saturated rings. The lowest BCUT2D eigenvalue weighted by atomic mass is 10.2. The first-order valence-electron chi connectivity index (χ1n) is 7.18. The van der Waals surface area contributed by atoms with Gasteiger partial charge in [-0.05, 0) is 37.4 Å². The molecule has 0 aliphatic heterocycles. The van der Waals surface area contributed by atoms with E-state index in [1.165, 1.54) is 6.07 Å². The predicted octanol–water partition coefficient (Wildman–Crippen LogP) is 2.11. The van der Waals surface area contributed by atoms with E-state index in [9.17, 15) is 8.42 Å². The number of rotatable bonds is 10. The smallest absolute Gasteiger partial charge is 0.273 e. The highest BCUT2D eigenvalue weighted by Gasteiger charge is 2.17. The van der Waals surface area contributed by atoms with E-state index < -0.39 is 10.0 Å². The van der Waals surface area contributed by atoms with Gasteiger partial charge in [0.1, 0.15) is 5.76 Å². The first-order valence-corrected chi connectivity index (χ1v) is 8.66. The van der Waals surface area contributed by atoms with E-state index >= 15 is 0 Å². The molecule has 0 aromatic carbocycles. The molecule has 1 heterocycles. The monoisotopic (exact) mass is 312 g/mol. The molecule has 0 saturated heterocycles. The van der Waals surface area contributed by atoms with Gasteiger partial charge in [-0.2, -0.15) is 0 Å². The van der Waals surface area contributed by atoms with Crippen molar-refractivity contribution in [1.29, 1.82) is 0 Å². The molecule has 21 heavy (non-hydrogen) atoms. The molecule has 0 amide bonds. The van der Waals surface area contributed by atoms with Crippen LogP contribution >= 0.6 is 0 Å². The van der Waals surface area contributed by atoms with Crippen LogP contribution in [-0.2, 0) is 16.6 Å². The van der Waals surface area contributed by atoms with E-state index in [1.54, 1.807) is 6.07 Å². The molecule has 0 atom stereocenters. The van der Waals surface area contributed by atoms with E-state index in [1.807, 2.05) is 0 Å². The second-order valence-electron chi connectivity index (χ2n) is 5.30. The molecule has 0 aliphatic carbocycles. The van der Waals surface area contributed by atoms with Crippen LogP contribution in [-0.4, -0.2) is 21.5 Å². The molecule has 1 rings (SSSR count). The Morgan fingerprint density at radius 1 is 1.33 bits per heavy atom. The van der Waals surface area contributed by atoms with Gasteiger partial charge in [-0.3, -0.25) is 0 Å². The minimum atomic E-state index is -3.56. The van der Waals surface area contributed by atoms with Crippen LogP contribution < -0.4 is 10.0 Å². The van der Waals surface area contributed by atoms with Crippen molar-refractivity contribution in [2.75, 3.05) is 13.1 Å². The average Bonchev–Trinajstić information content (AvgIpc) is 2.87. The van der Waals surface area contributed by atoms with Crippen molar-refractivity contribution >= 4 is 10.0 Å². The summed E-state index contributed by atoms with van der Waals surface area (Å²) in [5, 5.41) is 3.16. The van der Waals surface area contributed by atoms with Crippen molar-refractivity contribution in [3.63, 3.8) is 0 Å². The lowest BCUT2D eigenvalue weighted by molar-refractivity contribution is 0.394. The summed E-state index contributed by atoms with van der Waals surface area (Å²) in [6.07, 6.45) is 7.32. The Balaban J connectivity index is 2.44. The maximum absolute atomic E-state index is 12.0. The molecule has 0 saturated carbocycles. The molecule has 0 bridgehead atoms. The van der Waals surface area contributed by atoms with Gasteiger partial charge in [-0.25, -0.2) is 13.1 Å². The summed E-state index contributed by atoms with van der Waals surface area (Å²) in [6, 6.07) is 3.16. The van der Waals surface area contributed by atoms with Gasteiger partial charge >= 0.3 is 0 Å². The van der Waals surface area contributed by atoms with Crippen LogP contribution in [0.1, 0.15) is 38.9 Å². The molecule has 2 N–H and O–H groups in total. The van der Waals surface area contributed by atoms with Crippen molar-refractivity contribution in [2.24, 2.45) is 5.92 Å². The maximum atomic E-state index is 12.0. The Morgan fingerprint density at radius 2 is 2.10 bits per heavy atom. The zero-order chi connectivity index (χ0) is 15.7. The van der Waals surface area contributed by atoms with Crippen molar-refractivity contribution in [3.05, 3.63) is 17.9 Å². The van der Waals surface area contributed by atoms with E-state index in [-0.39, 0.29) is 5.09 Å². The summed E-state index contributed by atoms with van der Waals surface area (Å²) >= 11 is 0. The van der Waals surface area contributed by atoms with Crippen LogP contribution in [0, 0.1) is 18.3 Å². The molecule has 0 unspecified atom stereocenters. The van der Waals surface area contributed by atoms with Crippen LogP contribution in [0.2, 0.25) is 0 Å². The summed E-state index contributed by atoms with van der Waals surface area (Å²) in [5.74, 6) is 3.67. The first kappa shape index (κ1) is 17.8. The van der Waals surface area contributed by atoms with Gasteiger partial charge in [0.25, 0.3) is 10.0 Å². The van der Waals surface area contributed by atoms with E-state index in [0.29, 0.717) is 37.6 Å². The molecule has 0 aliphatic rings. The number of hydrogen-bond acceptors (Lipinski definition) is 4. The molecule has 1 aromatic rings. The van der Waals surface area contributed by atoms with Gasteiger partial charge in [0, 0.05) is 13.0 Å². The number of terminal acetylenes is 1. The molecule has 0 radical (unpaired) electrons. The van der Waals surface area contributed by atoms with Crippen LogP contribution in [0.4, 0.5) is 0 Å². The van der Waals surface area contributed by atoms with E-state index in [2.05, 4.69) is 29.8 Å². The Hall–Kier alpha value is -1.29. The topological polar surface area (TPSA) is 71.3 Å². The fraction of sp³-hybridized carbons (Fsp3) is 0.600. The number of nitrogens with one attached hydrogen (secondary N) is 2. The van der Waals surface area contributed by atoms with Crippen molar-refractivity contribution in [3.8, 4) is 12.3 Å². The van der Waals surface area contributed by atoms with Crippen molar-refractivity contribution < 1.29 is 12.8 Å². The first-order chi connectivity index (χ1) is 9.95. The Morgan fingerprint density at radius 3 is 2.76 bits per heavy atom. The van der Waals surface area contributed by atoms with Gasteiger partial charge < -0.3 is 9.73 Å². The van der Waals surface area contributed by atoms with Gasteiger partial charge in [0.05, 0.1) is 6.54 Å². The minimum absolute atomic E-state index is 0.0409. The second kappa shape index (κ2) is 8.88. The average molecular weight is 312 g/mol. The molecule has 6 heteroatoms. The summed E-state index contributed by atoms with van der Waals surface area (Å²) in [6.45, 7) is 5.96. The molecular weight excluding hydrogens is 288 g/mol. The minimum Gasteiger partial charge on any atom is -0.447 e. The van der Waals surface area contributed by atoms with Crippen LogP contribution in [0.3, 0.4) is 0 Å². The molecular formula is C15H24N2O3S. The van der Waals surface area contributed by atoms with Gasteiger partial charge in [0.2, 0.25) is 5.09 Å². The number of unbranched alkanes of at least 4 members (excludes halogenated alkanes) is 2. The molecule has 1 aromatic heterocycles. The maximum Gasteiger partial charge on any atom is 0.273 e. The number of sulfonamides is 1. The third kappa shape index (κ3) is 6.80. The van der Waals surface area contributed by atoms with Gasteiger partial charge in [-0.15, -0.1) is 12.3 Å². The lowest BCUT2D eigenvalue weighted by Crippen LogP contribution is -2.24. The molecule has 0 spiro atoms. The predicted molar refractivity (Wildman–Crippen MR) is 83.1 cm³/mol. The zero-order valence-electron chi connectivity index (χ0n) is 12.7. The Labute approximate surface area is 127 Å². The number of hydrogen-bond donors (Lipinski definition) is 2. The standard InChI is InChI=1S/C15H24N2O3S/c1-4-5-6-7-10-17-21(18,19)15-9-8-14(20-15)12-16-11-13(2)3/h1,8-9,13,16-17H,5-7,10-12H2,2-3H3. The second-order valence-corrected chi connectivity index (χ2v) is 7.00. The highest BCUT2D eigenvalue weighted by atomic mass is 32.2. The molecule has 5 nitrogen and oxygen atoms in total. The third-order valence-corrected chi connectivity index (χ3v) is 4.13. The summed E-state index contributed by atoms with van der Waals surface area (Å²) in [7, 11) is -3.56. The SMILES string of the molecule is C#CCCCCNS(=O)(=O)c1ccc(CNCC(C)C)o1. The quantitative estimate of drug-likeness (QED) is 0.513. The highest BCUT2D eigenvalue weighted by molar-refractivity contribution is 7.89. The van der Waals surface area contributed by atoms with Crippen LogP contribution in [0.15, 0.2) is 21.6 Å². The summed E-state index contributed by atoms with van der Waals surface area (Å²) in [4.78, 5) is 0. The van der Waals surface area contributed by atoms with E-state index in [0.717, 1.165) is 13.0 Å². The summed E-state index contributed by atoms with van der Waals surface area (Å²) < 4.78 is 31.9. The Bertz CT molecular complexity index is 556. The number of furan rings is 1. The van der Waals surface area contributed by atoms with Gasteiger partial charge in [-0.1, -0.05) is 13.8 Å². The van der Waals surface area contributed by atoms with Crippen molar-refractivity contribution in [2.45, 2.75) is 44.7 Å². The fourth-order valence-corrected chi connectivity index (χ4v) is 2.73. The lowest BCUT2D eigenvalue weighted by Gasteiger charge is -2.05. The largest absolute Gasteiger partial charge is 0.447 e. The zero-order valence-corrected chi connectivity index (χ0v) is 13.5. The summed E-state index contributed by atoms with van der Waals surface area (Å²) in [5.41, 5.74) is 0. The van der Waals surface area contributed by atoms with Crippen molar-refractivity contribution in [1.82, 2.24) is 10.0 Å². The Kier molecular flexibility index (Phi) is 7.51. The van der Waals surface area contributed by atoms with E-state index in [4.69, 9.17) is 10.8 Å². The molecule has 118 valence electrons. The van der Waals surface area contributed by atoms with Crippen LogP contribution in [0.25, 0.3) is 0 Å². The van der Waals surface area contributed by atoms with Crippen LogP contribution in [0.5, 0.6) is 0 Å². The van der Waals surface area contributed by atoms with Gasteiger partial charge in [0.15, 0.2) is 0 Å². The fourth-order valence-electron chi connectivity index (χ4n) is 1.71. The highest BCUT2D eigenvalue weighted by Crippen LogP contribution is 2.13. The third-order valence-electron chi connectivity index (χ3n) is 2.79. The normalized spacial score (nSPS) is 11.7.